The molecule has 2 atom stereocenters. The molecule has 82 valence electrons. The molecule has 1 heterocycles. The van der Waals surface area contributed by atoms with Gasteiger partial charge in [0.05, 0.1) is 12.7 Å². The van der Waals surface area contributed by atoms with Crippen LogP contribution in [0.15, 0.2) is 0 Å². The van der Waals surface area contributed by atoms with Gasteiger partial charge in [0.25, 0.3) is 0 Å². The van der Waals surface area contributed by atoms with Gasteiger partial charge in [-0.3, -0.25) is 4.79 Å². The normalized spacial score (nSPS) is 24.8. The molecule has 0 aromatic heterocycles. The summed E-state index contributed by atoms with van der Waals surface area (Å²) in [5.74, 6) is 0.986. The van der Waals surface area contributed by atoms with Crippen LogP contribution < -0.4 is 0 Å². The van der Waals surface area contributed by atoms with Crippen LogP contribution in [0.2, 0.25) is 0 Å². The number of amides is 1. The minimum absolute atomic E-state index is 0.0937. The average molecular weight is 201 g/mol. The number of hydrogen-bond donors (Lipinski definition) is 2. The van der Waals surface area contributed by atoms with Gasteiger partial charge >= 0.3 is 0 Å². The third-order valence-corrected chi connectivity index (χ3v) is 2.83. The van der Waals surface area contributed by atoms with Crippen LogP contribution in [0.1, 0.15) is 20.3 Å². The highest BCUT2D eigenvalue weighted by atomic mass is 16.3. The monoisotopic (exact) mass is 201 g/mol. The molecule has 1 aliphatic rings. The van der Waals surface area contributed by atoms with Gasteiger partial charge in [0.15, 0.2) is 0 Å². The first-order chi connectivity index (χ1) is 6.54. The minimum Gasteiger partial charge on any atom is -0.394 e. The Balaban J connectivity index is 2.44. The van der Waals surface area contributed by atoms with Gasteiger partial charge in [0.1, 0.15) is 0 Å². The lowest BCUT2D eigenvalue weighted by Gasteiger charge is -2.20. The van der Waals surface area contributed by atoms with Gasteiger partial charge in [-0.2, -0.15) is 0 Å². The number of hydrogen-bond acceptors (Lipinski definition) is 3. The maximum absolute atomic E-state index is 11.5. The highest BCUT2D eigenvalue weighted by Gasteiger charge is 2.31. The second-order valence-corrected chi connectivity index (χ2v) is 4.34. The van der Waals surface area contributed by atoms with E-state index in [9.17, 15) is 9.90 Å². The van der Waals surface area contributed by atoms with Crippen LogP contribution in [0, 0.1) is 11.8 Å². The smallest absolute Gasteiger partial charge is 0.223 e. The van der Waals surface area contributed by atoms with E-state index in [1.165, 1.54) is 0 Å². The Bertz CT molecular complexity index is 206. The number of β-amino-alcohol motifs (C(OH)–C–C–N with tert-alkyl or cyclic N) is 1. The third kappa shape index (κ3) is 2.69. The van der Waals surface area contributed by atoms with Crippen molar-refractivity contribution < 1.29 is 15.0 Å². The average Bonchev–Trinajstić information content (AvgIpc) is 2.48. The Morgan fingerprint density at radius 3 is 2.64 bits per heavy atom. The van der Waals surface area contributed by atoms with E-state index in [-0.39, 0.29) is 19.1 Å². The van der Waals surface area contributed by atoms with E-state index in [2.05, 4.69) is 13.8 Å². The molecule has 14 heavy (non-hydrogen) atoms. The van der Waals surface area contributed by atoms with Crippen molar-refractivity contribution in [1.29, 1.82) is 0 Å². The maximum atomic E-state index is 11.5. The number of nitrogens with zero attached hydrogens (tertiary/aromatic N) is 1. The van der Waals surface area contributed by atoms with E-state index in [1.807, 2.05) is 0 Å². The van der Waals surface area contributed by atoms with Crippen molar-refractivity contribution in [2.24, 2.45) is 11.8 Å². The van der Waals surface area contributed by atoms with Crippen molar-refractivity contribution in [2.45, 2.75) is 26.4 Å². The standard InChI is InChI=1S/C10H19NO3/c1-7(2)8-3-10(14)11(4-8)5-9(13)6-12/h7-9,12-13H,3-6H2,1-2H3. The van der Waals surface area contributed by atoms with Crippen LogP contribution >= 0.6 is 0 Å². The molecule has 0 aromatic rings. The lowest BCUT2D eigenvalue weighted by Crippen LogP contribution is -2.35. The Labute approximate surface area is 84.5 Å². The predicted octanol–water partition coefficient (Wildman–Crippen LogP) is -0.156. The molecular weight excluding hydrogens is 182 g/mol. The molecular formula is C10H19NO3. The van der Waals surface area contributed by atoms with Gasteiger partial charge in [-0.1, -0.05) is 13.8 Å². The zero-order valence-electron chi connectivity index (χ0n) is 8.81. The summed E-state index contributed by atoms with van der Waals surface area (Å²) in [6.45, 7) is 4.90. The van der Waals surface area contributed by atoms with Gasteiger partial charge in [-0.15, -0.1) is 0 Å². The van der Waals surface area contributed by atoms with Gasteiger partial charge < -0.3 is 15.1 Å². The molecule has 1 rings (SSSR count). The first-order valence-electron chi connectivity index (χ1n) is 5.11. The Morgan fingerprint density at radius 1 is 1.57 bits per heavy atom. The predicted molar refractivity (Wildman–Crippen MR) is 52.6 cm³/mol. The van der Waals surface area contributed by atoms with E-state index in [0.717, 1.165) is 0 Å². The van der Waals surface area contributed by atoms with E-state index < -0.39 is 6.10 Å². The van der Waals surface area contributed by atoms with Crippen LogP contribution in [0.4, 0.5) is 0 Å². The second kappa shape index (κ2) is 4.75. The Hall–Kier alpha value is -0.610. The van der Waals surface area contributed by atoms with Crippen LogP contribution in [0.25, 0.3) is 0 Å². The summed E-state index contributed by atoms with van der Waals surface area (Å²) in [4.78, 5) is 13.1. The lowest BCUT2D eigenvalue weighted by atomic mass is 9.95. The van der Waals surface area contributed by atoms with E-state index in [0.29, 0.717) is 24.8 Å². The molecule has 1 fully saturated rings. The molecule has 0 aromatic carbocycles. The van der Waals surface area contributed by atoms with Gasteiger partial charge in [-0.25, -0.2) is 0 Å². The molecule has 0 aliphatic carbocycles. The zero-order valence-corrected chi connectivity index (χ0v) is 8.81. The zero-order chi connectivity index (χ0) is 10.7. The maximum Gasteiger partial charge on any atom is 0.223 e. The van der Waals surface area contributed by atoms with Crippen molar-refractivity contribution >= 4 is 5.91 Å². The number of aliphatic hydroxyl groups excluding tert-OH is 2. The number of rotatable bonds is 4. The minimum atomic E-state index is -0.801. The molecule has 1 aliphatic heterocycles. The first-order valence-corrected chi connectivity index (χ1v) is 5.11. The van der Waals surface area contributed by atoms with Gasteiger partial charge in [0.2, 0.25) is 5.91 Å². The second-order valence-electron chi connectivity index (χ2n) is 4.34. The Kier molecular flexibility index (Phi) is 3.89. The molecule has 0 bridgehead atoms. The fourth-order valence-corrected chi connectivity index (χ4v) is 1.74. The number of likely N-dealkylation sites (tertiary alicyclic amines) is 1. The highest BCUT2D eigenvalue weighted by Crippen LogP contribution is 2.24. The molecule has 1 saturated heterocycles. The topological polar surface area (TPSA) is 60.8 Å². The molecule has 1 amide bonds. The van der Waals surface area contributed by atoms with Gasteiger partial charge in [0, 0.05) is 19.5 Å². The van der Waals surface area contributed by atoms with E-state index in [4.69, 9.17) is 5.11 Å². The largest absolute Gasteiger partial charge is 0.394 e. The summed E-state index contributed by atoms with van der Waals surface area (Å²) in [6, 6.07) is 0. The van der Waals surface area contributed by atoms with E-state index in [1.54, 1.807) is 4.90 Å². The number of carbonyl (C=O) groups excluding carboxylic acids is 1. The van der Waals surface area contributed by atoms with E-state index >= 15 is 0 Å². The molecule has 0 radical (unpaired) electrons. The quantitative estimate of drug-likeness (QED) is 0.664. The SMILES string of the molecule is CC(C)C1CC(=O)N(CC(O)CO)C1. The third-order valence-electron chi connectivity index (χ3n) is 2.83. The summed E-state index contributed by atoms with van der Waals surface area (Å²) >= 11 is 0. The fourth-order valence-electron chi connectivity index (χ4n) is 1.74. The molecule has 2 unspecified atom stereocenters. The van der Waals surface area contributed by atoms with Crippen molar-refractivity contribution in [1.82, 2.24) is 4.90 Å². The summed E-state index contributed by atoms with van der Waals surface area (Å²) < 4.78 is 0. The van der Waals surface area contributed by atoms with Gasteiger partial charge in [-0.05, 0) is 11.8 Å². The van der Waals surface area contributed by atoms with Crippen LogP contribution in [-0.4, -0.2) is 46.8 Å². The van der Waals surface area contributed by atoms with Crippen molar-refractivity contribution in [2.75, 3.05) is 19.7 Å². The van der Waals surface area contributed by atoms with Crippen molar-refractivity contribution in [3.8, 4) is 0 Å². The van der Waals surface area contributed by atoms with Crippen LogP contribution in [0.3, 0.4) is 0 Å². The molecule has 0 saturated carbocycles. The van der Waals surface area contributed by atoms with Crippen molar-refractivity contribution in [3.05, 3.63) is 0 Å². The van der Waals surface area contributed by atoms with Crippen LogP contribution in [0.5, 0.6) is 0 Å². The highest BCUT2D eigenvalue weighted by molar-refractivity contribution is 5.78. The fraction of sp³-hybridized carbons (Fsp3) is 0.900. The van der Waals surface area contributed by atoms with Crippen molar-refractivity contribution in [3.63, 3.8) is 0 Å². The lowest BCUT2D eigenvalue weighted by molar-refractivity contribution is -0.129. The van der Waals surface area contributed by atoms with Crippen LogP contribution in [-0.2, 0) is 4.79 Å². The first kappa shape index (κ1) is 11.5. The number of carbonyl (C=O) groups is 1. The Morgan fingerprint density at radius 2 is 2.21 bits per heavy atom. The molecule has 0 spiro atoms. The summed E-state index contributed by atoms with van der Waals surface area (Å²) in [5, 5.41) is 17.9. The summed E-state index contributed by atoms with van der Waals surface area (Å²) in [5.41, 5.74) is 0. The number of aliphatic hydroxyl groups is 2. The molecule has 4 heteroatoms. The molecule has 4 nitrogen and oxygen atoms in total. The summed E-state index contributed by atoms with van der Waals surface area (Å²) in [7, 11) is 0. The summed E-state index contributed by atoms with van der Waals surface area (Å²) in [6.07, 6.45) is -0.222. The molecule has 2 N–H and O–H groups in total.